The molecule has 0 aliphatic carbocycles. The predicted octanol–water partition coefficient (Wildman–Crippen LogP) is 3.76. The van der Waals surface area contributed by atoms with Crippen molar-refractivity contribution in [1.82, 2.24) is 15.5 Å². The summed E-state index contributed by atoms with van der Waals surface area (Å²) in [6.45, 7) is 10.9. The highest BCUT2D eigenvalue weighted by atomic mass is 127. The number of benzene rings is 1. The van der Waals surface area contributed by atoms with Gasteiger partial charge in [-0.3, -0.25) is 9.89 Å². The number of furan rings is 1. The van der Waals surface area contributed by atoms with E-state index in [2.05, 4.69) is 22.1 Å². The van der Waals surface area contributed by atoms with Crippen molar-refractivity contribution < 1.29 is 13.5 Å². The molecule has 8 heteroatoms. The first-order valence-corrected chi connectivity index (χ1v) is 10.4. The van der Waals surface area contributed by atoms with Crippen LogP contribution in [0.2, 0.25) is 0 Å². The summed E-state index contributed by atoms with van der Waals surface area (Å²) >= 11 is 0. The molecular weight excluding hydrogens is 510 g/mol. The maximum Gasteiger partial charge on any atom is 0.191 e. The lowest BCUT2D eigenvalue weighted by atomic mass is 10.0. The standard InChI is InChI=1S/C23H31FN4O2.HI/c1-18(2)16-26-23(25-10-9-21-4-3-13-30-21)27-17-22(28-11-14-29-15-12-28)19-5-7-20(24)8-6-19;/h3-8,13,22H,1,9-12,14-17H2,2H3,(H2,25,26,27);1H. The molecule has 1 aliphatic rings. The number of rotatable bonds is 9. The SMILES string of the molecule is C=C(C)CNC(=NCC(c1ccc(F)cc1)N1CCOCC1)NCCc1ccco1.I. The normalized spacial score (nSPS) is 15.7. The molecule has 0 amide bonds. The molecule has 0 saturated carbocycles. The van der Waals surface area contributed by atoms with Gasteiger partial charge in [0.05, 0.1) is 32.1 Å². The predicted molar refractivity (Wildman–Crippen MR) is 132 cm³/mol. The Morgan fingerprint density at radius 2 is 1.94 bits per heavy atom. The average Bonchev–Trinajstić information content (AvgIpc) is 3.27. The van der Waals surface area contributed by atoms with Crippen LogP contribution in [0, 0.1) is 5.82 Å². The van der Waals surface area contributed by atoms with Gasteiger partial charge in [-0.25, -0.2) is 4.39 Å². The van der Waals surface area contributed by atoms with Crippen LogP contribution in [0.15, 0.2) is 64.2 Å². The van der Waals surface area contributed by atoms with Gasteiger partial charge in [0.15, 0.2) is 5.96 Å². The monoisotopic (exact) mass is 542 g/mol. The Morgan fingerprint density at radius 3 is 2.58 bits per heavy atom. The Kier molecular flexibility index (Phi) is 11.0. The molecule has 2 heterocycles. The van der Waals surface area contributed by atoms with E-state index in [1.54, 1.807) is 6.26 Å². The number of morpholine rings is 1. The summed E-state index contributed by atoms with van der Waals surface area (Å²) in [5.74, 6) is 1.43. The van der Waals surface area contributed by atoms with E-state index in [9.17, 15) is 4.39 Å². The highest BCUT2D eigenvalue weighted by Crippen LogP contribution is 2.22. The fraction of sp³-hybridized carbons (Fsp3) is 0.435. The molecule has 1 aliphatic heterocycles. The van der Waals surface area contributed by atoms with Gasteiger partial charge in [-0.2, -0.15) is 0 Å². The average molecular weight is 542 g/mol. The van der Waals surface area contributed by atoms with Crippen LogP contribution in [0.4, 0.5) is 4.39 Å². The second-order valence-electron chi connectivity index (χ2n) is 7.47. The van der Waals surface area contributed by atoms with Crippen molar-refractivity contribution in [2.75, 3.05) is 45.9 Å². The van der Waals surface area contributed by atoms with E-state index in [1.165, 1.54) is 12.1 Å². The largest absolute Gasteiger partial charge is 0.469 e. The molecular formula is C23H32FIN4O2. The smallest absolute Gasteiger partial charge is 0.191 e. The number of hydrogen-bond acceptors (Lipinski definition) is 4. The van der Waals surface area contributed by atoms with Gasteiger partial charge in [-0.05, 0) is 36.8 Å². The molecule has 6 nitrogen and oxygen atoms in total. The van der Waals surface area contributed by atoms with Crippen LogP contribution in [0.5, 0.6) is 0 Å². The summed E-state index contributed by atoms with van der Waals surface area (Å²) in [4.78, 5) is 7.18. The highest BCUT2D eigenvalue weighted by molar-refractivity contribution is 14.0. The molecule has 1 saturated heterocycles. The van der Waals surface area contributed by atoms with Gasteiger partial charge in [0.25, 0.3) is 0 Å². The van der Waals surface area contributed by atoms with Crippen molar-refractivity contribution in [3.05, 3.63) is 72.0 Å². The summed E-state index contributed by atoms with van der Waals surface area (Å²) < 4.78 is 24.3. The number of halogens is 2. The Bertz CT molecular complexity index is 805. The van der Waals surface area contributed by atoms with E-state index < -0.39 is 0 Å². The van der Waals surface area contributed by atoms with Gasteiger partial charge in [0, 0.05) is 32.6 Å². The molecule has 0 spiro atoms. The molecule has 1 fully saturated rings. The van der Waals surface area contributed by atoms with E-state index >= 15 is 0 Å². The molecule has 1 aromatic heterocycles. The van der Waals surface area contributed by atoms with Gasteiger partial charge >= 0.3 is 0 Å². The molecule has 170 valence electrons. The van der Waals surface area contributed by atoms with Gasteiger partial charge in [0.1, 0.15) is 11.6 Å². The van der Waals surface area contributed by atoms with Gasteiger partial charge in [0.2, 0.25) is 0 Å². The quantitative estimate of drug-likeness (QED) is 0.219. The summed E-state index contributed by atoms with van der Waals surface area (Å²) in [5.41, 5.74) is 2.08. The third-order valence-electron chi connectivity index (χ3n) is 4.97. The van der Waals surface area contributed by atoms with Gasteiger partial charge < -0.3 is 19.8 Å². The van der Waals surface area contributed by atoms with E-state index in [0.717, 1.165) is 42.4 Å². The van der Waals surface area contributed by atoms with Crippen molar-refractivity contribution in [1.29, 1.82) is 0 Å². The second kappa shape index (κ2) is 13.5. The second-order valence-corrected chi connectivity index (χ2v) is 7.47. The Balaban J connectivity index is 0.00000341. The number of guanidine groups is 1. The van der Waals surface area contributed by atoms with Crippen LogP contribution in [0.1, 0.15) is 24.3 Å². The van der Waals surface area contributed by atoms with Crippen molar-refractivity contribution in [3.63, 3.8) is 0 Å². The molecule has 0 radical (unpaired) electrons. The Labute approximate surface area is 201 Å². The zero-order valence-electron chi connectivity index (χ0n) is 18.0. The van der Waals surface area contributed by atoms with Crippen LogP contribution in [-0.2, 0) is 11.2 Å². The Morgan fingerprint density at radius 1 is 1.19 bits per heavy atom. The maximum atomic E-state index is 13.4. The van der Waals surface area contributed by atoms with Crippen molar-refractivity contribution >= 4 is 29.9 Å². The maximum absolute atomic E-state index is 13.4. The van der Waals surface area contributed by atoms with Crippen LogP contribution in [0.3, 0.4) is 0 Å². The zero-order chi connectivity index (χ0) is 21.2. The molecule has 31 heavy (non-hydrogen) atoms. The molecule has 1 aromatic carbocycles. The molecule has 0 bridgehead atoms. The van der Waals surface area contributed by atoms with Crippen LogP contribution >= 0.6 is 24.0 Å². The minimum Gasteiger partial charge on any atom is -0.469 e. The summed E-state index contributed by atoms with van der Waals surface area (Å²) in [6, 6.07) is 10.6. The molecule has 2 aromatic rings. The third-order valence-corrected chi connectivity index (χ3v) is 4.97. The first kappa shape index (κ1) is 25.4. The number of nitrogens with zero attached hydrogens (tertiary/aromatic N) is 2. The molecule has 3 rings (SSSR count). The minimum absolute atomic E-state index is 0. The molecule has 1 unspecified atom stereocenters. The van der Waals surface area contributed by atoms with Crippen LogP contribution in [-0.4, -0.2) is 56.8 Å². The van der Waals surface area contributed by atoms with Crippen molar-refractivity contribution in [2.24, 2.45) is 4.99 Å². The zero-order valence-corrected chi connectivity index (χ0v) is 20.3. The fourth-order valence-electron chi connectivity index (χ4n) is 3.35. The summed E-state index contributed by atoms with van der Waals surface area (Å²) in [5, 5.41) is 6.69. The summed E-state index contributed by atoms with van der Waals surface area (Å²) in [7, 11) is 0. The van der Waals surface area contributed by atoms with Crippen molar-refractivity contribution in [3.8, 4) is 0 Å². The number of ether oxygens (including phenoxy) is 1. The third kappa shape index (κ3) is 8.62. The minimum atomic E-state index is -0.230. The first-order chi connectivity index (χ1) is 14.6. The number of aliphatic imine (C=N–C) groups is 1. The van der Waals surface area contributed by atoms with Gasteiger partial charge in [-0.1, -0.05) is 24.3 Å². The fourth-order valence-corrected chi connectivity index (χ4v) is 3.35. The lowest BCUT2D eigenvalue weighted by Crippen LogP contribution is -2.42. The molecule has 1 atom stereocenters. The first-order valence-electron chi connectivity index (χ1n) is 10.4. The van der Waals surface area contributed by atoms with E-state index in [4.69, 9.17) is 14.1 Å². The summed E-state index contributed by atoms with van der Waals surface area (Å²) in [6.07, 6.45) is 2.45. The number of nitrogens with one attached hydrogen (secondary N) is 2. The lowest BCUT2D eigenvalue weighted by Gasteiger charge is -2.34. The van der Waals surface area contributed by atoms with E-state index in [0.29, 0.717) is 32.8 Å². The molecule has 2 N–H and O–H groups in total. The van der Waals surface area contributed by atoms with Gasteiger partial charge in [-0.15, -0.1) is 24.0 Å². The van der Waals surface area contributed by atoms with Crippen molar-refractivity contribution in [2.45, 2.75) is 19.4 Å². The number of hydrogen-bond donors (Lipinski definition) is 2. The Hall–Kier alpha value is -1.91. The topological polar surface area (TPSA) is 62.0 Å². The van der Waals surface area contributed by atoms with Crippen LogP contribution in [0.25, 0.3) is 0 Å². The lowest BCUT2D eigenvalue weighted by molar-refractivity contribution is 0.0179. The van der Waals surface area contributed by atoms with Crippen LogP contribution < -0.4 is 10.6 Å². The van der Waals surface area contributed by atoms with E-state index in [1.807, 2.05) is 31.2 Å². The highest BCUT2D eigenvalue weighted by Gasteiger charge is 2.22. The van der Waals surface area contributed by atoms with E-state index in [-0.39, 0.29) is 35.8 Å².